The van der Waals surface area contributed by atoms with Crippen LogP contribution >= 0.6 is 0 Å². The lowest BCUT2D eigenvalue weighted by Gasteiger charge is -2.07. The SMILES string of the molecule is CN=C(C1=C(O)c2ccccc2S1=O)c1ccccc1. The average Bonchev–Trinajstić information content (AvgIpc) is 2.75. The Morgan fingerprint density at radius 1 is 1.05 bits per heavy atom. The molecule has 0 aromatic heterocycles. The first-order chi connectivity index (χ1) is 9.74. The molecule has 0 amide bonds. The maximum atomic E-state index is 12.6. The fourth-order valence-electron chi connectivity index (χ4n) is 2.30. The number of aliphatic hydroxyl groups is 1. The highest BCUT2D eigenvalue weighted by molar-refractivity contribution is 7.90. The van der Waals surface area contributed by atoms with Crippen molar-refractivity contribution in [1.29, 1.82) is 0 Å². The van der Waals surface area contributed by atoms with Crippen molar-refractivity contribution in [1.82, 2.24) is 0 Å². The molecular formula is C16H13NO2S. The molecule has 100 valence electrons. The predicted octanol–water partition coefficient (Wildman–Crippen LogP) is 3.15. The molecule has 20 heavy (non-hydrogen) atoms. The largest absolute Gasteiger partial charge is 0.506 e. The minimum atomic E-state index is -1.40. The van der Waals surface area contributed by atoms with E-state index in [4.69, 9.17) is 0 Å². The minimum absolute atomic E-state index is 0.0587. The topological polar surface area (TPSA) is 49.7 Å². The molecule has 1 N–H and O–H groups in total. The molecule has 1 atom stereocenters. The zero-order valence-electron chi connectivity index (χ0n) is 10.9. The van der Waals surface area contributed by atoms with E-state index in [-0.39, 0.29) is 5.76 Å². The quantitative estimate of drug-likeness (QED) is 0.861. The molecule has 3 rings (SSSR count). The fraction of sp³-hybridized carbons (Fsp3) is 0.0625. The smallest absolute Gasteiger partial charge is 0.142 e. The Bertz CT molecular complexity index is 748. The lowest BCUT2D eigenvalue weighted by molar-refractivity contribution is 0.511. The number of aliphatic imine (C=N–C) groups is 1. The van der Waals surface area contributed by atoms with Crippen LogP contribution in [-0.2, 0) is 10.8 Å². The van der Waals surface area contributed by atoms with Gasteiger partial charge in [-0.25, -0.2) is 4.21 Å². The Kier molecular flexibility index (Phi) is 3.24. The van der Waals surface area contributed by atoms with E-state index in [1.165, 1.54) is 0 Å². The lowest BCUT2D eigenvalue weighted by Crippen LogP contribution is -2.08. The van der Waals surface area contributed by atoms with Gasteiger partial charge in [0.25, 0.3) is 0 Å². The molecule has 3 nitrogen and oxygen atoms in total. The summed E-state index contributed by atoms with van der Waals surface area (Å²) >= 11 is 0. The van der Waals surface area contributed by atoms with Crippen LogP contribution in [0.2, 0.25) is 0 Å². The summed E-state index contributed by atoms with van der Waals surface area (Å²) in [4.78, 5) is 5.25. The number of hydrogen-bond donors (Lipinski definition) is 1. The number of rotatable bonds is 2. The van der Waals surface area contributed by atoms with Crippen molar-refractivity contribution in [2.24, 2.45) is 4.99 Å². The second-order valence-corrected chi connectivity index (χ2v) is 5.77. The van der Waals surface area contributed by atoms with Crippen molar-refractivity contribution < 1.29 is 9.32 Å². The van der Waals surface area contributed by atoms with Crippen LogP contribution in [0.15, 0.2) is 69.4 Å². The van der Waals surface area contributed by atoms with Crippen molar-refractivity contribution >= 4 is 22.3 Å². The van der Waals surface area contributed by atoms with E-state index in [1.54, 1.807) is 19.2 Å². The lowest BCUT2D eigenvalue weighted by atomic mass is 10.1. The number of benzene rings is 2. The van der Waals surface area contributed by atoms with Gasteiger partial charge in [-0.15, -0.1) is 0 Å². The predicted molar refractivity (Wildman–Crippen MR) is 81.3 cm³/mol. The molecule has 2 aromatic rings. The van der Waals surface area contributed by atoms with E-state index in [1.807, 2.05) is 42.5 Å². The Labute approximate surface area is 119 Å². The molecule has 1 aliphatic rings. The summed E-state index contributed by atoms with van der Waals surface area (Å²) in [6.45, 7) is 0. The van der Waals surface area contributed by atoms with Gasteiger partial charge < -0.3 is 5.11 Å². The summed E-state index contributed by atoms with van der Waals surface area (Å²) in [5.41, 5.74) is 2.04. The molecule has 0 radical (unpaired) electrons. The van der Waals surface area contributed by atoms with Gasteiger partial charge in [-0.1, -0.05) is 42.5 Å². The molecule has 0 bridgehead atoms. The maximum Gasteiger partial charge on any atom is 0.142 e. The van der Waals surface area contributed by atoms with Crippen molar-refractivity contribution in [3.05, 3.63) is 70.6 Å². The van der Waals surface area contributed by atoms with Crippen LogP contribution in [0, 0.1) is 0 Å². The molecule has 0 aliphatic carbocycles. The minimum Gasteiger partial charge on any atom is -0.506 e. The third kappa shape index (κ3) is 1.89. The first-order valence-corrected chi connectivity index (χ1v) is 7.36. The number of aliphatic hydroxyl groups excluding tert-OH is 1. The van der Waals surface area contributed by atoms with Gasteiger partial charge in [0.15, 0.2) is 0 Å². The van der Waals surface area contributed by atoms with Gasteiger partial charge in [-0.05, 0) is 12.1 Å². The summed E-state index contributed by atoms with van der Waals surface area (Å²) in [5, 5.41) is 10.4. The Morgan fingerprint density at radius 3 is 2.35 bits per heavy atom. The van der Waals surface area contributed by atoms with Crippen LogP contribution in [0.3, 0.4) is 0 Å². The highest BCUT2D eigenvalue weighted by atomic mass is 32.2. The zero-order chi connectivity index (χ0) is 14.1. The van der Waals surface area contributed by atoms with Crippen molar-refractivity contribution in [3.8, 4) is 0 Å². The summed E-state index contributed by atoms with van der Waals surface area (Å²) in [6.07, 6.45) is 0. The second-order valence-electron chi connectivity index (χ2n) is 4.38. The summed E-state index contributed by atoms with van der Waals surface area (Å²) < 4.78 is 12.6. The molecule has 1 heterocycles. The maximum absolute atomic E-state index is 12.6. The first kappa shape index (κ1) is 12.8. The number of allylic oxidation sites excluding steroid dienone is 1. The molecule has 0 spiro atoms. The Balaban J connectivity index is 2.17. The van der Waals surface area contributed by atoms with E-state index >= 15 is 0 Å². The van der Waals surface area contributed by atoms with Crippen molar-refractivity contribution in [2.75, 3.05) is 7.05 Å². The van der Waals surface area contributed by atoms with Gasteiger partial charge >= 0.3 is 0 Å². The molecule has 0 saturated heterocycles. The van der Waals surface area contributed by atoms with Crippen LogP contribution in [0.5, 0.6) is 0 Å². The van der Waals surface area contributed by atoms with Gasteiger partial charge in [0.05, 0.1) is 21.4 Å². The summed E-state index contributed by atoms with van der Waals surface area (Å²) in [7, 11) is 0.244. The van der Waals surface area contributed by atoms with Gasteiger partial charge in [-0.2, -0.15) is 0 Å². The molecule has 1 aliphatic heterocycles. The fourth-order valence-corrected chi connectivity index (χ4v) is 3.76. The standard InChI is InChI=1S/C16H13NO2S/c1-17-14(11-7-3-2-4-8-11)16-15(18)12-9-5-6-10-13(12)20(16)19/h2-10,18H,1H3. The third-order valence-corrected chi connectivity index (χ3v) is 4.74. The molecule has 4 heteroatoms. The van der Waals surface area contributed by atoms with Crippen LogP contribution in [-0.4, -0.2) is 22.1 Å². The molecular weight excluding hydrogens is 270 g/mol. The van der Waals surface area contributed by atoms with Crippen LogP contribution < -0.4 is 0 Å². The van der Waals surface area contributed by atoms with E-state index in [0.717, 1.165) is 5.56 Å². The zero-order valence-corrected chi connectivity index (χ0v) is 11.7. The summed E-state index contributed by atoms with van der Waals surface area (Å²) in [6, 6.07) is 16.7. The average molecular weight is 283 g/mol. The van der Waals surface area contributed by atoms with E-state index < -0.39 is 10.8 Å². The van der Waals surface area contributed by atoms with E-state index in [9.17, 15) is 9.32 Å². The highest BCUT2D eigenvalue weighted by Gasteiger charge is 2.31. The number of hydrogen-bond acceptors (Lipinski definition) is 3. The van der Waals surface area contributed by atoms with Crippen molar-refractivity contribution in [2.45, 2.75) is 4.90 Å². The van der Waals surface area contributed by atoms with E-state index in [2.05, 4.69) is 4.99 Å². The van der Waals surface area contributed by atoms with Gasteiger partial charge in [0, 0.05) is 18.2 Å². The molecule has 1 unspecified atom stereocenters. The highest BCUT2D eigenvalue weighted by Crippen LogP contribution is 2.36. The summed E-state index contributed by atoms with van der Waals surface area (Å²) in [5.74, 6) is 0.0587. The third-order valence-electron chi connectivity index (χ3n) is 3.23. The molecule has 2 aromatic carbocycles. The van der Waals surface area contributed by atoms with Gasteiger partial charge in [0.2, 0.25) is 0 Å². The number of fused-ring (bicyclic) bond motifs is 1. The second kappa shape index (κ2) is 5.06. The normalized spacial score (nSPS) is 18.2. The van der Waals surface area contributed by atoms with Gasteiger partial charge in [0.1, 0.15) is 10.7 Å². The molecule has 0 saturated carbocycles. The number of nitrogens with zero attached hydrogens (tertiary/aromatic N) is 1. The first-order valence-electron chi connectivity index (χ1n) is 6.21. The Morgan fingerprint density at radius 2 is 1.70 bits per heavy atom. The van der Waals surface area contributed by atoms with Gasteiger partial charge in [-0.3, -0.25) is 4.99 Å². The monoisotopic (exact) mass is 283 g/mol. The van der Waals surface area contributed by atoms with Crippen molar-refractivity contribution in [3.63, 3.8) is 0 Å². The van der Waals surface area contributed by atoms with E-state index in [0.29, 0.717) is 21.1 Å². The molecule has 0 fully saturated rings. The van der Waals surface area contributed by atoms with Crippen LogP contribution in [0.25, 0.3) is 5.76 Å². The van der Waals surface area contributed by atoms with Crippen LogP contribution in [0.1, 0.15) is 11.1 Å². The van der Waals surface area contributed by atoms with Crippen LogP contribution in [0.4, 0.5) is 0 Å². The Hall–Kier alpha value is -2.20.